The van der Waals surface area contributed by atoms with Crippen molar-refractivity contribution in [1.29, 1.82) is 0 Å². The summed E-state index contributed by atoms with van der Waals surface area (Å²) in [6.07, 6.45) is -0.437. The van der Waals surface area contributed by atoms with Gasteiger partial charge in [0.15, 0.2) is 6.10 Å². The van der Waals surface area contributed by atoms with E-state index in [1.54, 1.807) is 13.8 Å². The van der Waals surface area contributed by atoms with Crippen molar-refractivity contribution in [2.75, 3.05) is 6.54 Å². The zero-order valence-corrected chi connectivity index (χ0v) is 11.6. The Morgan fingerprint density at radius 1 is 1.48 bits per heavy atom. The number of aliphatic carboxylic acids is 1. The SMILES string of the molecule is CC(C)n1cc([N+](=O)[O-])cc1C(=O)NCCC(O)C(=O)O. The number of hydrogen-bond acceptors (Lipinski definition) is 5. The highest BCUT2D eigenvalue weighted by molar-refractivity contribution is 5.93. The van der Waals surface area contributed by atoms with Crippen molar-refractivity contribution >= 4 is 17.6 Å². The first kappa shape index (κ1) is 16.6. The predicted octanol–water partition coefficient (Wildman–Crippen LogP) is 0.543. The molecule has 0 spiro atoms. The highest BCUT2D eigenvalue weighted by atomic mass is 16.6. The van der Waals surface area contributed by atoms with Gasteiger partial charge in [0.05, 0.1) is 11.1 Å². The molecule has 21 heavy (non-hydrogen) atoms. The molecule has 0 radical (unpaired) electrons. The van der Waals surface area contributed by atoms with E-state index in [2.05, 4.69) is 5.32 Å². The van der Waals surface area contributed by atoms with Crippen molar-refractivity contribution in [2.24, 2.45) is 0 Å². The van der Waals surface area contributed by atoms with E-state index in [1.807, 2.05) is 0 Å². The second kappa shape index (κ2) is 6.84. The maximum Gasteiger partial charge on any atom is 0.332 e. The van der Waals surface area contributed by atoms with E-state index < -0.39 is 22.9 Å². The number of carboxylic acid groups (broad SMARTS) is 1. The van der Waals surface area contributed by atoms with E-state index >= 15 is 0 Å². The number of carbonyl (C=O) groups excluding carboxylic acids is 1. The zero-order chi connectivity index (χ0) is 16.2. The second-order valence-corrected chi connectivity index (χ2v) is 4.74. The van der Waals surface area contributed by atoms with Crippen molar-refractivity contribution in [1.82, 2.24) is 9.88 Å². The fourth-order valence-corrected chi connectivity index (χ4v) is 1.71. The third kappa shape index (κ3) is 4.28. The summed E-state index contributed by atoms with van der Waals surface area (Å²) in [7, 11) is 0. The Morgan fingerprint density at radius 2 is 2.10 bits per heavy atom. The molecule has 0 aliphatic rings. The van der Waals surface area contributed by atoms with Gasteiger partial charge in [-0.25, -0.2) is 4.79 Å². The quantitative estimate of drug-likeness (QED) is 0.497. The van der Waals surface area contributed by atoms with E-state index in [1.165, 1.54) is 10.8 Å². The number of nitrogens with zero attached hydrogens (tertiary/aromatic N) is 2. The van der Waals surface area contributed by atoms with E-state index in [4.69, 9.17) is 10.2 Å². The molecule has 0 saturated carbocycles. The Morgan fingerprint density at radius 3 is 2.57 bits per heavy atom. The molecule has 0 saturated heterocycles. The van der Waals surface area contributed by atoms with Crippen LogP contribution >= 0.6 is 0 Å². The minimum absolute atomic E-state index is 0.0522. The Bertz CT molecular complexity index is 551. The molecule has 0 aromatic carbocycles. The minimum Gasteiger partial charge on any atom is -0.479 e. The lowest BCUT2D eigenvalue weighted by molar-refractivity contribution is -0.384. The van der Waals surface area contributed by atoms with E-state index in [9.17, 15) is 19.7 Å². The van der Waals surface area contributed by atoms with Gasteiger partial charge in [-0.15, -0.1) is 0 Å². The zero-order valence-electron chi connectivity index (χ0n) is 11.6. The van der Waals surface area contributed by atoms with Crippen LogP contribution in [0.3, 0.4) is 0 Å². The number of amides is 1. The number of rotatable bonds is 7. The van der Waals surface area contributed by atoms with Gasteiger partial charge in [-0.1, -0.05) is 0 Å². The van der Waals surface area contributed by atoms with Gasteiger partial charge in [0.25, 0.3) is 11.6 Å². The lowest BCUT2D eigenvalue weighted by Crippen LogP contribution is -2.31. The highest BCUT2D eigenvalue weighted by Crippen LogP contribution is 2.20. The topological polar surface area (TPSA) is 135 Å². The van der Waals surface area contributed by atoms with Crippen LogP contribution in [0.15, 0.2) is 12.3 Å². The van der Waals surface area contributed by atoms with Crippen LogP contribution < -0.4 is 5.32 Å². The number of nitrogens with one attached hydrogen (secondary N) is 1. The van der Waals surface area contributed by atoms with Crippen LogP contribution in [0.4, 0.5) is 5.69 Å². The van der Waals surface area contributed by atoms with Crippen molar-refractivity contribution < 1.29 is 24.7 Å². The van der Waals surface area contributed by atoms with Crippen molar-refractivity contribution in [3.8, 4) is 0 Å². The minimum atomic E-state index is -1.56. The molecule has 0 aliphatic heterocycles. The highest BCUT2D eigenvalue weighted by Gasteiger charge is 2.21. The lowest BCUT2D eigenvalue weighted by atomic mass is 10.2. The Balaban J connectivity index is 2.77. The molecule has 1 unspecified atom stereocenters. The third-order valence-corrected chi connectivity index (χ3v) is 2.82. The molecular weight excluding hydrogens is 282 g/mol. The van der Waals surface area contributed by atoms with Gasteiger partial charge in [0, 0.05) is 25.1 Å². The molecule has 3 N–H and O–H groups in total. The molecule has 1 heterocycles. The molecule has 9 nitrogen and oxygen atoms in total. The average molecular weight is 299 g/mol. The van der Waals surface area contributed by atoms with Gasteiger partial charge in [0.2, 0.25) is 0 Å². The Kier molecular flexibility index (Phi) is 5.42. The van der Waals surface area contributed by atoms with Gasteiger partial charge in [-0.3, -0.25) is 14.9 Å². The van der Waals surface area contributed by atoms with Gasteiger partial charge in [-0.2, -0.15) is 0 Å². The normalized spacial score (nSPS) is 12.2. The van der Waals surface area contributed by atoms with Gasteiger partial charge < -0.3 is 20.1 Å². The summed E-state index contributed by atoms with van der Waals surface area (Å²) in [5.74, 6) is -1.93. The number of hydrogen-bond donors (Lipinski definition) is 3. The third-order valence-electron chi connectivity index (χ3n) is 2.82. The van der Waals surface area contributed by atoms with E-state index in [0.717, 1.165) is 6.07 Å². The summed E-state index contributed by atoms with van der Waals surface area (Å²) in [4.78, 5) is 32.6. The maximum atomic E-state index is 12.0. The largest absolute Gasteiger partial charge is 0.479 e. The molecule has 1 aromatic heterocycles. The van der Waals surface area contributed by atoms with Crippen LogP contribution in [0.2, 0.25) is 0 Å². The first-order valence-electron chi connectivity index (χ1n) is 6.29. The van der Waals surface area contributed by atoms with Crippen molar-refractivity contribution in [2.45, 2.75) is 32.4 Å². The molecule has 1 rings (SSSR count). The first-order valence-corrected chi connectivity index (χ1v) is 6.29. The molecule has 1 aromatic rings. The number of aliphatic hydroxyl groups is 1. The molecule has 0 bridgehead atoms. The van der Waals surface area contributed by atoms with Gasteiger partial charge in [0.1, 0.15) is 5.69 Å². The van der Waals surface area contributed by atoms with Crippen LogP contribution in [0, 0.1) is 10.1 Å². The number of carbonyl (C=O) groups is 2. The molecule has 0 aliphatic carbocycles. The summed E-state index contributed by atoms with van der Waals surface area (Å²) in [6, 6.07) is 1.01. The Labute approximate surface area is 120 Å². The standard InChI is InChI=1S/C12H17N3O6/c1-7(2)14-6-8(15(20)21)5-9(14)11(17)13-4-3-10(16)12(18)19/h5-7,10,16H,3-4H2,1-2H3,(H,13,17)(H,18,19). The molecule has 9 heteroatoms. The summed E-state index contributed by atoms with van der Waals surface area (Å²) >= 11 is 0. The van der Waals surface area contributed by atoms with Gasteiger partial charge in [-0.05, 0) is 13.8 Å². The Hall–Kier alpha value is -2.42. The molecule has 1 amide bonds. The summed E-state index contributed by atoms with van der Waals surface area (Å²) < 4.78 is 1.46. The number of carboxylic acids is 1. The first-order chi connectivity index (χ1) is 9.73. The monoisotopic (exact) mass is 299 g/mol. The van der Waals surface area contributed by atoms with Crippen LogP contribution in [0.5, 0.6) is 0 Å². The predicted molar refractivity (Wildman–Crippen MR) is 72.1 cm³/mol. The lowest BCUT2D eigenvalue weighted by Gasteiger charge is -2.12. The summed E-state index contributed by atoms with van der Waals surface area (Å²) in [5, 5.41) is 30.8. The fraction of sp³-hybridized carbons (Fsp3) is 0.500. The second-order valence-electron chi connectivity index (χ2n) is 4.74. The molecule has 116 valence electrons. The molecule has 1 atom stereocenters. The van der Waals surface area contributed by atoms with E-state index in [-0.39, 0.29) is 30.4 Å². The number of nitro groups is 1. The maximum absolute atomic E-state index is 12.0. The van der Waals surface area contributed by atoms with Crippen molar-refractivity contribution in [3.05, 3.63) is 28.1 Å². The average Bonchev–Trinajstić information content (AvgIpc) is 2.83. The van der Waals surface area contributed by atoms with Gasteiger partial charge >= 0.3 is 5.97 Å². The smallest absolute Gasteiger partial charge is 0.332 e. The fourth-order valence-electron chi connectivity index (χ4n) is 1.71. The van der Waals surface area contributed by atoms with Crippen LogP contribution in [0.25, 0.3) is 0 Å². The van der Waals surface area contributed by atoms with Crippen molar-refractivity contribution in [3.63, 3.8) is 0 Å². The van der Waals surface area contributed by atoms with Crippen LogP contribution in [-0.2, 0) is 4.79 Å². The number of aliphatic hydroxyl groups excluding tert-OH is 1. The number of aromatic nitrogens is 1. The summed E-state index contributed by atoms with van der Waals surface area (Å²) in [6.45, 7) is 3.49. The molecular formula is C12H17N3O6. The van der Waals surface area contributed by atoms with E-state index in [0.29, 0.717) is 0 Å². The van der Waals surface area contributed by atoms with Crippen LogP contribution in [0.1, 0.15) is 36.8 Å². The van der Waals surface area contributed by atoms with Crippen LogP contribution in [-0.4, -0.2) is 44.2 Å². The summed E-state index contributed by atoms with van der Waals surface area (Å²) in [5.41, 5.74) is -0.0825. The molecule has 0 fully saturated rings.